The molecule has 0 aromatic heterocycles. The van der Waals surface area contributed by atoms with Crippen molar-refractivity contribution in [2.45, 2.75) is 0 Å². The summed E-state index contributed by atoms with van der Waals surface area (Å²) in [6, 6.07) is 11.2. The van der Waals surface area contributed by atoms with Crippen molar-refractivity contribution in [1.29, 1.82) is 0 Å². The van der Waals surface area contributed by atoms with Crippen LogP contribution in [0.5, 0.6) is 5.75 Å². The highest BCUT2D eigenvalue weighted by atomic mass is 35.5. The third kappa shape index (κ3) is 5.90. The molecule has 2 aromatic carbocycles. The van der Waals surface area contributed by atoms with Crippen LogP contribution in [0, 0.1) is 10.1 Å². The second kappa shape index (κ2) is 9.85. The minimum Gasteiger partial charge on any atom is -0.484 e. The lowest BCUT2D eigenvalue weighted by Gasteiger charge is -2.29. The average Bonchev–Trinajstić information content (AvgIpc) is 2.73. The van der Waals surface area contributed by atoms with Crippen LogP contribution in [0.3, 0.4) is 0 Å². The molecule has 0 unspecified atom stereocenters. The van der Waals surface area contributed by atoms with Gasteiger partial charge in [0.25, 0.3) is 11.6 Å². The standard InChI is InChI=1S/C19H19ClN4O5/c20-15-2-1-3-17(11-15)29-13-19(25)22-21-12-14-10-16(24(26)27)4-5-18(14)23-6-8-28-9-7-23/h1-5,10-12H,6-9,13H2,(H,22,25). The van der Waals surface area contributed by atoms with Gasteiger partial charge in [0, 0.05) is 41.5 Å². The predicted octanol–water partition coefficient (Wildman–Crippen LogP) is 2.61. The second-order valence-corrected chi connectivity index (χ2v) is 6.58. The summed E-state index contributed by atoms with van der Waals surface area (Å²) in [6.45, 7) is 2.23. The Morgan fingerprint density at radius 1 is 1.31 bits per heavy atom. The predicted molar refractivity (Wildman–Crippen MR) is 109 cm³/mol. The highest BCUT2D eigenvalue weighted by Gasteiger charge is 2.17. The summed E-state index contributed by atoms with van der Waals surface area (Å²) in [6.07, 6.45) is 1.38. The zero-order valence-electron chi connectivity index (χ0n) is 15.4. The van der Waals surface area contributed by atoms with Gasteiger partial charge in [0.05, 0.1) is 24.4 Å². The van der Waals surface area contributed by atoms with Crippen molar-refractivity contribution in [2.75, 3.05) is 37.8 Å². The normalized spacial score (nSPS) is 14.0. The number of hydrogen-bond donors (Lipinski definition) is 1. The van der Waals surface area contributed by atoms with Crippen molar-refractivity contribution in [1.82, 2.24) is 5.43 Å². The fourth-order valence-corrected chi connectivity index (χ4v) is 2.94. The summed E-state index contributed by atoms with van der Waals surface area (Å²) in [4.78, 5) is 24.6. The minimum absolute atomic E-state index is 0.0564. The summed E-state index contributed by atoms with van der Waals surface area (Å²) in [7, 11) is 0. The fourth-order valence-electron chi connectivity index (χ4n) is 2.76. The van der Waals surface area contributed by atoms with Gasteiger partial charge in [0.2, 0.25) is 0 Å². The van der Waals surface area contributed by atoms with Crippen LogP contribution in [0.25, 0.3) is 0 Å². The largest absolute Gasteiger partial charge is 0.484 e. The molecule has 0 aliphatic carbocycles. The Morgan fingerprint density at radius 3 is 2.83 bits per heavy atom. The monoisotopic (exact) mass is 418 g/mol. The van der Waals surface area contributed by atoms with E-state index in [2.05, 4.69) is 15.4 Å². The number of nitrogens with zero attached hydrogens (tertiary/aromatic N) is 3. The summed E-state index contributed by atoms with van der Waals surface area (Å²) in [5, 5.41) is 15.5. The molecule has 1 amide bonds. The number of morpholine rings is 1. The number of anilines is 1. The number of nitro groups is 1. The highest BCUT2D eigenvalue weighted by molar-refractivity contribution is 6.30. The number of carbonyl (C=O) groups is 1. The van der Waals surface area contributed by atoms with Gasteiger partial charge in [-0.05, 0) is 24.3 Å². The van der Waals surface area contributed by atoms with Crippen LogP contribution < -0.4 is 15.1 Å². The Morgan fingerprint density at radius 2 is 2.10 bits per heavy atom. The first-order valence-corrected chi connectivity index (χ1v) is 9.22. The van der Waals surface area contributed by atoms with Gasteiger partial charge >= 0.3 is 0 Å². The third-order valence-corrected chi connectivity index (χ3v) is 4.37. The molecule has 0 atom stereocenters. The third-order valence-electron chi connectivity index (χ3n) is 4.13. The maximum atomic E-state index is 11.9. The van der Waals surface area contributed by atoms with Crippen LogP contribution in [0.4, 0.5) is 11.4 Å². The number of non-ortho nitro benzene ring substituents is 1. The molecular formula is C19H19ClN4O5. The van der Waals surface area contributed by atoms with Crippen LogP contribution >= 0.6 is 11.6 Å². The molecule has 10 heteroatoms. The molecule has 0 bridgehead atoms. The molecule has 1 N–H and O–H groups in total. The molecule has 3 rings (SSSR count). The molecule has 1 heterocycles. The van der Waals surface area contributed by atoms with E-state index in [-0.39, 0.29) is 12.3 Å². The molecule has 1 aliphatic heterocycles. The van der Waals surface area contributed by atoms with E-state index in [0.29, 0.717) is 42.6 Å². The van der Waals surface area contributed by atoms with Crippen LogP contribution in [0.1, 0.15) is 5.56 Å². The van der Waals surface area contributed by atoms with E-state index in [1.54, 1.807) is 30.3 Å². The Labute approximate surface area is 172 Å². The number of rotatable bonds is 7. The number of hydrazone groups is 1. The first-order valence-electron chi connectivity index (χ1n) is 8.84. The summed E-state index contributed by atoms with van der Waals surface area (Å²) in [5.41, 5.74) is 3.61. The van der Waals surface area contributed by atoms with E-state index in [9.17, 15) is 14.9 Å². The van der Waals surface area contributed by atoms with E-state index >= 15 is 0 Å². The molecule has 1 saturated heterocycles. The maximum Gasteiger partial charge on any atom is 0.277 e. The van der Waals surface area contributed by atoms with Crippen molar-refractivity contribution < 1.29 is 19.2 Å². The van der Waals surface area contributed by atoms with Gasteiger partial charge in [-0.2, -0.15) is 5.10 Å². The first kappa shape index (κ1) is 20.6. The van der Waals surface area contributed by atoms with Crippen molar-refractivity contribution in [3.8, 4) is 5.75 Å². The van der Waals surface area contributed by atoms with Gasteiger partial charge in [0.15, 0.2) is 6.61 Å². The lowest BCUT2D eigenvalue weighted by Crippen LogP contribution is -2.36. The van der Waals surface area contributed by atoms with Gasteiger partial charge in [-0.1, -0.05) is 17.7 Å². The van der Waals surface area contributed by atoms with Gasteiger partial charge < -0.3 is 14.4 Å². The summed E-state index contributed by atoms with van der Waals surface area (Å²) >= 11 is 5.86. The molecule has 9 nitrogen and oxygen atoms in total. The van der Waals surface area contributed by atoms with E-state index in [1.807, 2.05) is 0 Å². The molecule has 29 heavy (non-hydrogen) atoms. The summed E-state index contributed by atoms with van der Waals surface area (Å²) in [5.74, 6) is -0.00973. The zero-order valence-corrected chi connectivity index (χ0v) is 16.2. The molecule has 2 aromatic rings. The van der Waals surface area contributed by atoms with Crippen LogP contribution in [-0.4, -0.2) is 50.0 Å². The number of hydrogen-bond acceptors (Lipinski definition) is 7. The number of ether oxygens (including phenoxy) is 2. The topological polar surface area (TPSA) is 106 Å². The summed E-state index contributed by atoms with van der Waals surface area (Å²) < 4.78 is 10.7. The Balaban J connectivity index is 1.65. The Bertz CT molecular complexity index is 915. The molecule has 1 fully saturated rings. The molecule has 0 radical (unpaired) electrons. The molecule has 152 valence electrons. The van der Waals surface area contributed by atoms with E-state index in [1.165, 1.54) is 18.3 Å². The number of benzene rings is 2. The van der Waals surface area contributed by atoms with Crippen LogP contribution in [0.15, 0.2) is 47.6 Å². The van der Waals surface area contributed by atoms with Crippen molar-refractivity contribution in [3.63, 3.8) is 0 Å². The van der Waals surface area contributed by atoms with Gasteiger partial charge in [0.1, 0.15) is 5.75 Å². The quantitative estimate of drug-likeness (QED) is 0.421. The van der Waals surface area contributed by atoms with Crippen LogP contribution in [0.2, 0.25) is 5.02 Å². The first-order chi connectivity index (χ1) is 14.0. The number of halogens is 1. The Hall–Kier alpha value is -3.17. The average molecular weight is 419 g/mol. The number of nitrogens with one attached hydrogen (secondary N) is 1. The SMILES string of the molecule is O=C(COc1cccc(Cl)c1)NN=Cc1cc([N+](=O)[O-])ccc1N1CCOCC1. The maximum absolute atomic E-state index is 11.9. The number of amides is 1. The number of nitro benzene ring substituents is 1. The smallest absolute Gasteiger partial charge is 0.277 e. The minimum atomic E-state index is -0.474. The zero-order chi connectivity index (χ0) is 20.6. The van der Waals surface area contributed by atoms with E-state index in [4.69, 9.17) is 21.1 Å². The van der Waals surface area contributed by atoms with Crippen LogP contribution in [-0.2, 0) is 9.53 Å². The van der Waals surface area contributed by atoms with Gasteiger partial charge in [-0.3, -0.25) is 14.9 Å². The van der Waals surface area contributed by atoms with Gasteiger partial charge in [-0.25, -0.2) is 5.43 Å². The molecule has 0 saturated carbocycles. The van der Waals surface area contributed by atoms with Gasteiger partial charge in [-0.15, -0.1) is 0 Å². The van der Waals surface area contributed by atoms with Crippen molar-refractivity contribution in [3.05, 3.63) is 63.2 Å². The fraction of sp³-hybridized carbons (Fsp3) is 0.263. The second-order valence-electron chi connectivity index (χ2n) is 6.14. The van der Waals surface area contributed by atoms with E-state index < -0.39 is 10.8 Å². The lowest BCUT2D eigenvalue weighted by atomic mass is 10.1. The molecule has 1 aliphatic rings. The highest BCUT2D eigenvalue weighted by Crippen LogP contribution is 2.25. The van der Waals surface area contributed by atoms with Crippen molar-refractivity contribution in [2.24, 2.45) is 5.10 Å². The molecular weight excluding hydrogens is 400 g/mol. The Kier molecular flexibility index (Phi) is 6.99. The number of carbonyl (C=O) groups excluding carboxylic acids is 1. The van der Waals surface area contributed by atoms with Crippen molar-refractivity contribution >= 4 is 35.1 Å². The molecule has 0 spiro atoms. The van der Waals surface area contributed by atoms with E-state index in [0.717, 1.165) is 5.69 Å². The lowest BCUT2D eigenvalue weighted by molar-refractivity contribution is -0.384.